The molecule has 208 valence electrons. The van der Waals surface area contributed by atoms with Crippen molar-refractivity contribution in [2.75, 3.05) is 17.7 Å². The summed E-state index contributed by atoms with van der Waals surface area (Å²) in [7, 11) is 0. The quantitative estimate of drug-likeness (QED) is 0.116. The maximum atomic E-state index is 12.8. The molecule has 0 radical (unpaired) electrons. The van der Waals surface area contributed by atoms with Crippen molar-refractivity contribution in [3.8, 4) is 16.9 Å². The Labute approximate surface area is 237 Å². The third-order valence-corrected chi connectivity index (χ3v) is 7.36. The first-order valence-electron chi connectivity index (χ1n) is 12.5. The molecule has 1 aliphatic rings. The van der Waals surface area contributed by atoms with Gasteiger partial charge < -0.3 is 14.8 Å². The van der Waals surface area contributed by atoms with E-state index in [1.165, 1.54) is 17.7 Å². The smallest absolute Gasteiger partial charge is 0.454 e. The van der Waals surface area contributed by atoms with E-state index in [-0.39, 0.29) is 22.8 Å². The van der Waals surface area contributed by atoms with Crippen molar-refractivity contribution >= 4 is 35.1 Å². The molecule has 0 unspecified atom stereocenters. The van der Waals surface area contributed by atoms with Crippen LogP contribution in [0.15, 0.2) is 95.9 Å². The predicted molar refractivity (Wildman–Crippen MR) is 148 cm³/mol. The molecule has 0 heterocycles. The highest BCUT2D eigenvalue weighted by atomic mass is 32.2. The molecule has 10 heteroatoms. The molecular formula is C31H22F3NO5S. The fraction of sp³-hybridized carbons (Fsp3) is 0.129. The minimum absolute atomic E-state index is 0.0818. The number of ether oxygens (including phenoxy) is 2. The van der Waals surface area contributed by atoms with E-state index in [0.717, 1.165) is 47.0 Å². The lowest BCUT2D eigenvalue weighted by Gasteiger charge is -2.11. The number of nitrogens with one attached hydrogen (secondary N) is 1. The van der Waals surface area contributed by atoms with E-state index >= 15 is 0 Å². The third kappa shape index (κ3) is 6.96. The number of thioether (sulfide) groups is 1. The maximum Gasteiger partial charge on any atom is 0.573 e. The Morgan fingerprint density at radius 3 is 2.32 bits per heavy atom. The van der Waals surface area contributed by atoms with Crippen LogP contribution in [0.3, 0.4) is 0 Å². The van der Waals surface area contributed by atoms with E-state index in [1.54, 1.807) is 30.3 Å². The van der Waals surface area contributed by atoms with E-state index in [4.69, 9.17) is 4.74 Å². The fourth-order valence-corrected chi connectivity index (χ4v) is 5.29. The molecule has 0 aliphatic heterocycles. The molecular weight excluding hydrogens is 555 g/mol. The summed E-state index contributed by atoms with van der Waals surface area (Å²) in [5.74, 6) is -1.94. The first-order chi connectivity index (χ1) is 19.7. The largest absolute Gasteiger partial charge is 0.573 e. The van der Waals surface area contributed by atoms with Gasteiger partial charge in [0.25, 0.3) is 0 Å². The molecule has 4 aromatic rings. The summed E-state index contributed by atoms with van der Waals surface area (Å²) in [4.78, 5) is 38.5. The predicted octanol–water partition coefficient (Wildman–Crippen LogP) is 6.93. The summed E-state index contributed by atoms with van der Waals surface area (Å²) < 4.78 is 46.1. The topological polar surface area (TPSA) is 81.7 Å². The molecule has 1 aliphatic carbocycles. The van der Waals surface area contributed by atoms with Crippen LogP contribution < -0.4 is 10.1 Å². The van der Waals surface area contributed by atoms with Crippen molar-refractivity contribution in [3.63, 3.8) is 0 Å². The molecule has 0 bridgehead atoms. The zero-order valence-electron chi connectivity index (χ0n) is 21.4. The van der Waals surface area contributed by atoms with Gasteiger partial charge in [0.1, 0.15) is 5.75 Å². The standard InChI is InChI=1S/C31H22F3NO5S/c32-31(33,34)40-23-12-10-22(11-13-23)35-29(37)18-41-28-8-4-3-7-26(28)30(38)39-17-27(36)20-9-14-25-21(16-20)15-19-5-1-2-6-24(19)25/h1-14,16H,15,17-18H2,(H,35,37). The second kappa shape index (κ2) is 11.9. The summed E-state index contributed by atoms with van der Waals surface area (Å²) >= 11 is 1.08. The molecule has 0 saturated carbocycles. The summed E-state index contributed by atoms with van der Waals surface area (Å²) in [6, 6.07) is 24.8. The van der Waals surface area contributed by atoms with E-state index < -0.39 is 30.6 Å². The Bertz CT molecular complexity index is 1620. The van der Waals surface area contributed by atoms with Gasteiger partial charge in [-0.2, -0.15) is 0 Å². The Kier molecular flexibility index (Phi) is 8.11. The molecule has 0 aromatic heterocycles. The molecule has 6 nitrogen and oxygen atoms in total. The number of hydrogen-bond acceptors (Lipinski definition) is 6. The van der Waals surface area contributed by atoms with Crippen LogP contribution >= 0.6 is 11.8 Å². The van der Waals surface area contributed by atoms with E-state index in [9.17, 15) is 27.6 Å². The molecule has 0 atom stereocenters. The van der Waals surface area contributed by atoms with Crippen LogP contribution in [0.4, 0.5) is 18.9 Å². The van der Waals surface area contributed by atoms with E-state index in [1.807, 2.05) is 24.3 Å². The van der Waals surface area contributed by atoms with Crippen molar-refractivity contribution in [1.82, 2.24) is 0 Å². The van der Waals surface area contributed by atoms with Gasteiger partial charge in [-0.1, -0.05) is 48.5 Å². The van der Waals surface area contributed by atoms with Crippen LogP contribution in [-0.2, 0) is 16.0 Å². The number of fused-ring (bicyclic) bond motifs is 3. The molecule has 0 spiro atoms. The van der Waals surface area contributed by atoms with Gasteiger partial charge in [0.05, 0.1) is 11.3 Å². The van der Waals surface area contributed by atoms with Crippen molar-refractivity contribution < 1.29 is 37.0 Å². The van der Waals surface area contributed by atoms with Crippen LogP contribution in [0.2, 0.25) is 0 Å². The lowest BCUT2D eigenvalue weighted by atomic mass is 10.0. The van der Waals surface area contributed by atoms with Gasteiger partial charge in [0.2, 0.25) is 5.91 Å². The van der Waals surface area contributed by atoms with Gasteiger partial charge in [0.15, 0.2) is 12.4 Å². The van der Waals surface area contributed by atoms with Gasteiger partial charge in [-0.3, -0.25) is 9.59 Å². The third-order valence-electron chi connectivity index (χ3n) is 6.29. The van der Waals surface area contributed by atoms with E-state index in [2.05, 4.69) is 22.2 Å². The second-order valence-corrected chi connectivity index (χ2v) is 10.1. The van der Waals surface area contributed by atoms with Crippen LogP contribution in [0.1, 0.15) is 31.8 Å². The summed E-state index contributed by atoms with van der Waals surface area (Å²) in [6.45, 7) is -0.432. The number of halogens is 3. The highest BCUT2D eigenvalue weighted by Gasteiger charge is 2.31. The highest BCUT2D eigenvalue weighted by Crippen LogP contribution is 2.36. The number of alkyl halides is 3. The minimum Gasteiger partial charge on any atom is -0.454 e. The van der Waals surface area contributed by atoms with Crippen LogP contribution in [-0.4, -0.2) is 36.4 Å². The van der Waals surface area contributed by atoms with E-state index in [0.29, 0.717) is 10.5 Å². The number of carbonyl (C=O) groups is 3. The zero-order valence-corrected chi connectivity index (χ0v) is 22.2. The van der Waals surface area contributed by atoms with Crippen molar-refractivity contribution in [1.29, 1.82) is 0 Å². The summed E-state index contributed by atoms with van der Waals surface area (Å²) in [5, 5.41) is 2.58. The number of hydrogen-bond donors (Lipinski definition) is 1. The summed E-state index contributed by atoms with van der Waals surface area (Å²) in [6.07, 6.45) is -4.07. The van der Waals surface area contributed by atoms with Gasteiger partial charge in [-0.25, -0.2) is 4.79 Å². The Morgan fingerprint density at radius 2 is 1.54 bits per heavy atom. The maximum absolute atomic E-state index is 12.8. The van der Waals surface area contributed by atoms with Gasteiger partial charge >= 0.3 is 12.3 Å². The highest BCUT2D eigenvalue weighted by molar-refractivity contribution is 8.00. The number of benzene rings is 4. The second-order valence-electron chi connectivity index (χ2n) is 9.11. The molecule has 0 fully saturated rings. The van der Waals surface area contributed by atoms with Crippen molar-refractivity contribution in [2.45, 2.75) is 17.7 Å². The Morgan fingerprint density at radius 1 is 0.829 bits per heavy atom. The summed E-state index contributed by atoms with van der Waals surface area (Å²) in [5.41, 5.74) is 5.45. The number of rotatable bonds is 9. The Balaban J connectivity index is 1.15. The van der Waals surface area contributed by atoms with Crippen molar-refractivity contribution in [2.24, 2.45) is 0 Å². The number of Topliss-reactive ketones (excluding diaryl/α,β-unsaturated/α-hetero) is 1. The molecule has 4 aromatic carbocycles. The van der Waals surface area contributed by atoms with Crippen LogP contribution in [0, 0.1) is 0 Å². The zero-order chi connectivity index (χ0) is 29.0. The number of anilines is 1. The van der Waals surface area contributed by atoms with Crippen molar-refractivity contribution in [3.05, 3.63) is 113 Å². The van der Waals surface area contributed by atoms with Gasteiger partial charge in [0, 0.05) is 16.1 Å². The molecule has 41 heavy (non-hydrogen) atoms. The normalized spacial score (nSPS) is 11.8. The first kappa shape index (κ1) is 28.0. The molecule has 0 saturated heterocycles. The fourth-order valence-electron chi connectivity index (χ4n) is 4.45. The Hall–Kier alpha value is -4.57. The molecule has 1 N–H and O–H groups in total. The number of esters is 1. The average Bonchev–Trinajstić information content (AvgIpc) is 3.33. The van der Waals surface area contributed by atoms with Gasteiger partial charge in [-0.15, -0.1) is 24.9 Å². The number of amides is 1. The number of carbonyl (C=O) groups excluding carboxylic acids is 3. The minimum atomic E-state index is -4.81. The number of ketones is 1. The average molecular weight is 578 g/mol. The van der Waals surface area contributed by atoms with Gasteiger partial charge in [-0.05, 0) is 71.1 Å². The monoisotopic (exact) mass is 577 g/mol. The SMILES string of the molecule is O=C(CSc1ccccc1C(=O)OCC(=O)c1ccc2c(c1)Cc1ccccc1-2)Nc1ccc(OC(F)(F)F)cc1. The molecule has 5 rings (SSSR count). The first-order valence-corrected chi connectivity index (χ1v) is 13.4. The lowest BCUT2D eigenvalue weighted by Crippen LogP contribution is -2.17. The molecule has 1 amide bonds. The lowest BCUT2D eigenvalue weighted by molar-refractivity contribution is -0.274. The van der Waals surface area contributed by atoms with Crippen LogP contribution in [0.25, 0.3) is 11.1 Å². The van der Waals surface area contributed by atoms with Crippen LogP contribution in [0.5, 0.6) is 5.75 Å².